The van der Waals surface area contributed by atoms with E-state index in [9.17, 15) is 19.3 Å². The highest BCUT2D eigenvalue weighted by atomic mass is 32.1. The monoisotopic (exact) mass is 563 g/mol. The molecule has 3 N–H and O–H groups in total. The summed E-state index contributed by atoms with van der Waals surface area (Å²) >= 11 is 5.00. The van der Waals surface area contributed by atoms with Crippen LogP contribution in [0, 0.1) is 4.77 Å². The summed E-state index contributed by atoms with van der Waals surface area (Å²) in [6.45, 7) is 4.16. The van der Waals surface area contributed by atoms with Crippen molar-refractivity contribution >= 4 is 25.9 Å². The zero-order valence-corrected chi connectivity index (χ0v) is 22.1. The van der Waals surface area contributed by atoms with E-state index in [0.29, 0.717) is 0 Å². The van der Waals surface area contributed by atoms with Gasteiger partial charge in [0.15, 0.2) is 22.8 Å². The van der Waals surface area contributed by atoms with Gasteiger partial charge in [-0.3, -0.25) is 23.7 Å². The second kappa shape index (κ2) is 11.1. The van der Waals surface area contributed by atoms with Gasteiger partial charge < -0.3 is 19.1 Å². The minimum atomic E-state index is -4.55. The van der Waals surface area contributed by atoms with Crippen LogP contribution in [0.4, 0.5) is 8.78 Å². The molecule has 1 aliphatic heterocycles. The van der Waals surface area contributed by atoms with Gasteiger partial charge in [-0.05, 0) is 52.0 Å². The molecule has 1 aromatic heterocycles. The molecule has 15 heteroatoms. The molecule has 0 aliphatic carbocycles. The highest BCUT2D eigenvalue weighted by Crippen LogP contribution is 2.51. The Kier molecular flexibility index (Phi) is 8.72. The van der Waals surface area contributed by atoms with Crippen LogP contribution in [0.5, 0.6) is 5.75 Å². The summed E-state index contributed by atoms with van der Waals surface area (Å²) in [4.78, 5) is 26.0. The standard InChI is InChI=1S/C22H28F2N3O8PS/c1-13(2)33-17(29)14(3)26-36(31,35-15-8-6-5-7-9-15)32-12-22(24)18(30)21(4,23)19(34-22)27-11-10-16(28)25-20(27)37/h5-11,13-14,18-19,30H,12H2,1-4H3,(H,26,31)(H,25,28,37)/t14-,18?,19+,21+,22+,36?/m0/s1. The number of esters is 1. The number of hydrogen-bond donors (Lipinski definition) is 3. The molecule has 37 heavy (non-hydrogen) atoms. The van der Waals surface area contributed by atoms with Gasteiger partial charge in [0.2, 0.25) is 0 Å². The molecule has 0 amide bonds. The van der Waals surface area contributed by atoms with Crippen molar-refractivity contribution in [3.05, 3.63) is 57.7 Å². The Morgan fingerprint density at radius 1 is 1.30 bits per heavy atom. The minimum absolute atomic E-state index is 0.0521. The number of ether oxygens (including phenoxy) is 2. The van der Waals surface area contributed by atoms with Gasteiger partial charge in [-0.25, -0.2) is 13.3 Å². The number of nitrogens with one attached hydrogen (secondary N) is 2. The zero-order chi connectivity index (χ0) is 27.6. The van der Waals surface area contributed by atoms with E-state index >= 15 is 8.78 Å². The number of H-pyrrole nitrogens is 1. The van der Waals surface area contributed by atoms with Crippen molar-refractivity contribution in [3.63, 3.8) is 0 Å². The maximum absolute atomic E-state index is 15.8. The van der Waals surface area contributed by atoms with Crippen LogP contribution < -0.4 is 15.2 Å². The number of carbonyl (C=O) groups is 1. The van der Waals surface area contributed by atoms with Crippen LogP contribution in [-0.2, 0) is 23.4 Å². The number of nitrogens with zero attached hydrogens (tertiary/aromatic N) is 1. The fourth-order valence-corrected chi connectivity index (χ4v) is 5.24. The molecule has 1 aliphatic rings. The third-order valence-corrected chi connectivity index (χ3v) is 7.23. The van der Waals surface area contributed by atoms with Gasteiger partial charge in [-0.1, -0.05) is 18.2 Å². The first-order valence-electron chi connectivity index (χ1n) is 11.2. The lowest BCUT2D eigenvalue weighted by Gasteiger charge is -2.28. The largest absolute Gasteiger partial charge is 0.462 e. The molecular formula is C22H28F2N3O8PS. The van der Waals surface area contributed by atoms with Crippen molar-refractivity contribution in [1.29, 1.82) is 0 Å². The van der Waals surface area contributed by atoms with Crippen LogP contribution in [0.15, 0.2) is 47.4 Å². The number of para-hydroxylation sites is 1. The Labute approximate surface area is 216 Å². The van der Waals surface area contributed by atoms with Gasteiger partial charge in [0.25, 0.3) is 11.4 Å². The van der Waals surface area contributed by atoms with E-state index in [2.05, 4.69) is 10.1 Å². The number of rotatable bonds is 10. The average molecular weight is 564 g/mol. The quantitative estimate of drug-likeness (QED) is 0.224. The van der Waals surface area contributed by atoms with E-state index in [1.807, 2.05) is 0 Å². The fourth-order valence-electron chi connectivity index (χ4n) is 3.48. The first-order chi connectivity index (χ1) is 17.2. The molecule has 1 saturated heterocycles. The normalized spacial score (nSPS) is 28.0. The third kappa shape index (κ3) is 6.70. The number of aromatic amines is 1. The predicted molar refractivity (Wildman–Crippen MR) is 130 cm³/mol. The second-order valence-corrected chi connectivity index (χ2v) is 10.9. The lowest BCUT2D eigenvalue weighted by molar-refractivity contribution is -0.203. The van der Waals surface area contributed by atoms with E-state index in [0.717, 1.165) is 23.8 Å². The van der Waals surface area contributed by atoms with Crippen LogP contribution in [-0.4, -0.2) is 57.0 Å². The lowest BCUT2D eigenvalue weighted by Crippen LogP contribution is -2.47. The molecule has 0 bridgehead atoms. The van der Waals surface area contributed by atoms with Gasteiger partial charge in [-0.2, -0.15) is 5.09 Å². The molecule has 0 saturated carbocycles. The number of aromatic nitrogens is 2. The summed E-state index contributed by atoms with van der Waals surface area (Å²) in [5.41, 5.74) is -3.34. The highest BCUT2D eigenvalue weighted by Gasteiger charge is 2.65. The maximum Gasteiger partial charge on any atom is 0.459 e. The topological polar surface area (TPSA) is 141 Å². The second-order valence-electron chi connectivity index (χ2n) is 8.84. The highest BCUT2D eigenvalue weighted by molar-refractivity contribution is 7.71. The van der Waals surface area contributed by atoms with Crippen LogP contribution in [0.2, 0.25) is 0 Å². The summed E-state index contributed by atoms with van der Waals surface area (Å²) < 4.78 is 66.5. The summed E-state index contributed by atoms with van der Waals surface area (Å²) in [5.74, 6) is -3.97. The molecule has 1 aromatic carbocycles. The Morgan fingerprint density at radius 2 is 1.95 bits per heavy atom. The number of aliphatic hydroxyl groups is 1. The van der Waals surface area contributed by atoms with Gasteiger partial charge in [0.1, 0.15) is 18.4 Å². The molecule has 2 heterocycles. The van der Waals surface area contributed by atoms with Crippen molar-refractivity contribution < 1.29 is 41.8 Å². The van der Waals surface area contributed by atoms with Crippen LogP contribution in [0.3, 0.4) is 0 Å². The van der Waals surface area contributed by atoms with Crippen molar-refractivity contribution in [1.82, 2.24) is 14.6 Å². The molecule has 3 rings (SSSR count). The number of carbonyl (C=O) groups excluding carboxylic acids is 1. The summed E-state index contributed by atoms with van der Waals surface area (Å²) in [5, 5.41) is 12.9. The number of aliphatic hydroxyl groups excluding tert-OH is 1. The Hall–Kier alpha value is -2.48. The fraction of sp³-hybridized carbons (Fsp3) is 0.500. The van der Waals surface area contributed by atoms with E-state index < -0.39 is 61.9 Å². The summed E-state index contributed by atoms with van der Waals surface area (Å²) in [7, 11) is -4.55. The Bertz CT molecular complexity index is 1270. The van der Waals surface area contributed by atoms with Gasteiger partial charge in [0.05, 0.1) is 6.10 Å². The predicted octanol–water partition coefficient (Wildman–Crippen LogP) is 3.32. The van der Waals surface area contributed by atoms with E-state index in [1.54, 1.807) is 32.0 Å². The van der Waals surface area contributed by atoms with Crippen molar-refractivity contribution in [3.8, 4) is 5.75 Å². The van der Waals surface area contributed by atoms with Crippen molar-refractivity contribution in [2.24, 2.45) is 0 Å². The lowest BCUT2D eigenvalue weighted by atomic mass is 9.97. The van der Waals surface area contributed by atoms with Crippen LogP contribution in [0.25, 0.3) is 0 Å². The minimum Gasteiger partial charge on any atom is -0.462 e. The first-order valence-corrected chi connectivity index (χ1v) is 13.1. The van der Waals surface area contributed by atoms with Crippen LogP contribution in [0.1, 0.15) is 33.9 Å². The molecular weight excluding hydrogens is 535 g/mol. The molecule has 1 fully saturated rings. The first kappa shape index (κ1) is 29.1. The zero-order valence-electron chi connectivity index (χ0n) is 20.4. The Morgan fingerprint density at radius 3 is 2.54 bits per heavy atom. The van der Waals surface area contributed by atoms with E-state index in [4.69, 9.17) is 30.7 Å². The average Bonchev–Trinajstić information content (AvgIpc) is 2.98. The molecule has 6 atom stereocenters. The third-order valence-electron chi connectivity index (χ3n) is 5.29. The Balaban J connectivity index is 1.86. The van der Waals surface area contributed by atoms with E-state index in [1.165, 1.54) is 19.1 Å². The van der Waals surface area contributed by atoms with E-state index in [-0.39, 0.29) is 10.5 Å². The number of halogens is 2. The molecule has 204 valence electrons. The maximum atomic E-state index is 15.8. The molecule has 11 nitrogen and oxygen atoms in total. The number of hydrogen-bond acceptors (Lipinski definition) is 9. The smallest absolute Gasteiger partial charge is 0.459 e. The molecule has 2 aromatic rings. The summed E-state index contributed by atoms with van der Waals surface area (Å²) in [6, 6.07) is 7.48. The SMILES string of the molecule is CC(C)OC(=O)[C@H](C)NP(=O)(OC[C@@]1(F)O[C@@H](n2ccc(=O)[nH]c2=S)[C@](C)(F)C1O)Oc1ccccc1. The van der Waals surface area contributed by atoms with Crippen molar-refractivity contribution in [2.45, 2.75) is 63.7 Å². The van der Waals surface area contributed by atoms with Crippen molar-refractivity contribution in [2.75, 3.05) is 6.61 Å². The summed E-state index contributed by atoms with van der Waals surface area (Å²) in [6.07, 6.45) is -3.65. The van der Waals surface area contributed by atoms with Gasteiger partial charge in [0, 0.05) is 12.3 Å². The van der Waals surface area contributed by atoms with Gasteiger partial charge in [-0.15, -0.1) is 0 Å². The molecule has 0 radical (unpaired) electrons. The van der Waals surface area contributed by atoms with Crippen LogP contribution >= 0.6 is 20.0 Å². The molecule has 2 unspecified atom stereocenters. The molecule has 0 spiro atoms. The number of alkyl halides is 2. The number of benzene rings is 1. The van der Waals surface area contributed by atoms with Gasteiger partial charge >= 0.3 is 13.7 Å².